The smallest absolute Gasteiger partial charge is 0.236 e. The van der Waals surface area contributed by atoms with E-state index in [1.54, 1.807) is 20.9 Å². The van der Waals surface area contributed by atoms with E-state index >= 15 is 0 Å². The molecule has 0 aromatic carbocycles. The van der Waals surface area contributed by atoms with Gasteiger partial charge in [0.15, 0.2) is 0 Å². The molecule has 0 saturated heterocycles. The third kappa shape index (κ3) is 4.08. The lowest BCUT2D eigenvalue weighted by atomic mass is 10.2. The molecule has 0 aliphatic heterocycles. The first-order valence-electron chi connectivity index (χ1n) is 4.02. The quantitative estimate of drug-likeness (QED) is 0.552. The van der Waals surface area contributed by atoms with E-state index in [-0.39, 0.29) is 17.9 Å². The van der Waals surface area contributed by atoms with Gasteiger partial charge in [-0.15, -0.1) is 0 Å². The van der Waals surface area contributed by atoms with Crippen molar-refractivity contribution in [3.63, 3.8) is 0 Å². The number of likely N-dealkylation sites (N-methyl/N-ethyl adjacent to an activating group) is 1. The minimum absolute atomic E-state index is 0.0776. The van der Waals surface area contributed by atoms with E-state index in [4.69, 9.17) is 0 Å². The van der Waals surface area contributed by atoms with Crippen LogP contribution in [0.25, 0.3) is 0 Å². The largest absolute Gasteiger partial charge is 0.354 e. The molecule has 70 valence electrons. The highest BCUT2D eigenvalue weighted by Gasteiger charge is 2.10. The molecule has 2 atom stereocenters. The predicted molar refractivity (Wildman–Crippen MR) is 46.8 cm³/mol. The fraction of sp³-hybridized carbons (Fsp3) is 0.750. The van der Waals surface area contributed by atoms with Crippen LogP contribution in [0.4, 0.5) is 0 Å². The zero-order valence-electron chi connectivity index (χ0n) is 7.76. The SMILES string of the molecule is CNC(C)C(=O)NCC(C)C=O. The van der Waals surface area contributed by atoms with Gasteiger partial charge in [0.2, 0.25) is 5.91 Å². The van der Waals surface area contributed by atoms with Crippen molar-refractivity contribution in [3.8, 4) is 0 Å². The van der Waals surface area contributed by atoms with Crippen LogP contribution in [0.1, 0.15) is 13.8 Å². The third-order valence-electron chi connectivity index (χ3n) is 1.66. The van der Waals surface area contributed by atoms with Gasteiger partial charge in [-0.05, 0) is 14.0 Å². The van der Waals surface area contributed by atoms with Gasteiger partial charge in [0.25, 0.3) is 0 Å². The summed E-state index contributed by atoms with van der Waals surface area (Å²) in [5, 5.41) is 5.46. The predicted octanol–water partition coefficient (Wildman–Crippen LogP) is -0.455. The molecule has 0 spiro atoms. The molecule has 0 radical (unpaired) electrons. The molecule has 0 fully saturated rings. The number of hydrogen-bond donors (Lipinski definition) is 2. The molecule has 4 heteroatoms. The Hall–Kier alpha value is -0.900. The lowest BCUT2D eigenvalue weighted by Gasteiger charge is -2.11. The van der Waals surface area contributed by atoms with Crippen molar-refractivity contribution >= 4 is 12.2 Å². The molecule has 1 amide bonds. The van der Waals surface area contributed by atoms with Crippen LogP contribution in [0.5, 0.6) is 0 Å². The number of nitrogens with one attached hydrogen (secondary N) is 2. The Morgan fingerprint density at radius 1 is 1.50 bits per heavy atom. The first kappa shape index (κ1) is 11.1. The maximum atomic E-state index is 11.1. The van der Waals surface area contributed by atoms with E-state index in [0.29, 0.717) is 6.54 Å². The Kier molecular flexibility index (Phi) is 5.28. The van der Waals surface area contributed by atoms with Crippen molar-refractivity contribution in [1.29, 1.82) is 0 Å². The van der Waals surface area contributed by atoms with E-state index in [9.17, 15) is 9.59 Å². The van der Waals surface area contributed by atoms with Crippen LogP contribution < -0.4 is 10.6 Å². The van der Waals surface area contributed by atoms with Gasteiger partial charge in [-0.3, -0.25) is 4.79 Å². The molecule has 0 bridgehead atoms. The van der Waals surface area contributed by atoms with Crippen LogP contribution in [-0.4, -0.2) is 31.8 Å². The maximum Gasteiger partial charge on any atom is 0.236 e. The normalized spacial score (nSPS) is 14.9. The van der Waals surface area contributed by atoms with Crippen LogP contribution in [0.2, 0.25) is 0 Å². The van der Waals surface area contributed by atoms with Crippen molar-refractivity contribution in [2.75, 3.05) is 13.6 Å². The van der Waals surface area contributed by atoms with Crippen molar-refractivity contribution in [1.82, 2.24) is 10.6 Å². The fourth-order valence-corrected chi connectivity index (χ4v) is 0.594. The molecule has 2 unspecified atom stereocenters. The van der Waals surface area contributed by atoms with Gasteiger partial charge in [-0.1, -0.05) is 6.92 Å². The highest BCUT2D eigenvalue weighted by atomic mass is 16.2. The second-order valence-corrected chi connectivity index (χ2v) is 2.87. The summed E-state index contributed by atoms with van der Waals surface area (Å²) in [6.07, 6.45) is 0.824. The summed E-state index contributed by atoms with van der Waals surface area (Å²) in [5.41, 5.74) is 0. The minimum Gasteiger partial charge on any atom is -0.354 e. The molecular weight excluding hydrogens is 156 g/mol. The molecule has 0 aromatic rings. The number of hydrogen-bond acceptors (Lipinski definition) is 3. The molecular formula is C8H16N2O2. The zero-order chi connectivity index (χ0) is 9.56. The van der Waals surface area contributed by atoms with Gasteiger partial charge in [0.05, 0.1) is 6.04 Å². The Morgan fingerprint density at radius 3 is 2.50 bits per heavy atom. The Labute approximate surface area is 72.7 Å². The average molecular weight is 172 g/mol. The number of carbonyl (C=O) groups is 2. The summed E-state index contributed by atoms with van der Waals surface area (Å²) >= 11 is 0. The first-order valence-corrected chi connectivity index (χ1v) is 4.02. The molecule has 2 N–H and O–H groups in total. The highest BCUT2D eigenvalue weighted by Crippen LogP contribution is 1.86. The van der Waals surface area contributed by atoms with Crippen molar-refractivity contribution in [3.05, 3.63) is 0 Å². The van der Waals surface area contributed by atoms with Crippen LogP contribution >= 0.6 is 0 Å². The van der Waals surface area contributed by atoms with Crippen molar-refractivity contribution in [2.24, 2.45) is 5.92 Å². The van der Waals surface area contributed by atoms with Crippen LogP contribution in [0.15, 0.2) is 0 Å². The van der Waals surface area contributed by atoms with Gasteiger partial charge < -0.3 is 15.4 Å². The lowest BCUT2D eigenvalue weighted by molar-refractivity contribution is -0.122. The second kappa shape index (κ2) is 5.71. The van der Waals surface area contributed by atoms with E-state index in [0.717, 1.165) is 6.29 Å². The number of rotatable bonds is 5. The maximum absolute atomic E-state index is 11.1. The summed E-state index contributed by atoms with van der Waals surface area (Å²) in [6.45, 7) is 3.94. The summed E-state index contributed by atoms with van der Waals surface area (Å²) in [6, 6.07) is -0.205. The highest BCUT2D eigenvalue weighted by molar-refractivity contribution is 5.81. The third-order valence-corrected chi connectivity index (χ3v) is 1.66. The molecule has 0 aliphatic carbocycles. The molecule has 0 aliphatic rings. The fourth-order valence-electron chi connectivity index (χ4n) is 0.594. The van der Waals surface area contributed by atoms with E-state index < -0.39 is 0 Å². The zero-order valence-corrected chi connectivity index (χ0v) is 7.76. The van der Waals surface area contributed by atoms with Gasteiger partial charge in [0, 0.05) is 12.5 Å². The van der Waals surface area contributed by atoms with Gasteiger partial charge >= 0.3 is 0 Å². The van der Waals surface area contributed by atoms with E-state index in [2.05, 4.69) is 10.6 Å². The standard InChI is InChI=1S/C8H16N2O2/c1-6(5-11)4-10-8(12)7(2)9-3/h5-7,9H,4H2,1-3H3,(H,10,12). The summed E-state index contributed by atoms with van der Waals surface area (Å²) < 4.78 is 0. The summed E-state index contributed by atoms with van der Waals surface area (Å²) in [4.78, 5) is 21.3. The molecule has 12 heavy (non-hydrogen) atoms. The Bertz CT molecular complexity index is 159. The molecule has 0 aromatic heterocycles. The van der Waals surface area contributed by atoms with Gasteiger partial charge in [0.1, 0.15) is 6.29 Å². The number of aldehydes is 1. The minimum atomic E-state index is -0.205. The van der Waals surface area contributed by atoms with Crippen molar-refractivity contribution < 1.29 is 9.59 Å². The lowest BCUT2D eigenvalue weighted by Crippen LogP contribution is -2.42. The number of carbonyl (C=O) groups excluding carboxylic acids is 2. The molecule has 0 rings (SSSR count). The Balaban J connectivity index is 3.63. The first-order chi connectivity index (χ1) is 5.61. The monoisotopic (exact) mass is 172 g/mol. The number of amides is 1. The Morgan fingerprint density at radius 2 is 2.08 bits per heavy atom. The average Bonchev–Trinajstić information content (AvgIpc) is 2.11. The van der Waals surface area contributed by atoms with Crippen LogP contribution in [0.3, 0.4) is 0 Å². The summed E-state index contributed by atoms with van der Waals surface area (Å²) in [7, 11) is 1.72. The topological polar surface area (TPSA) is 58.2 Å². The second-order valence-electron chi connectivity index (χ2n) is 2.87. The van der Waals surface area contributed by atoms with Crippen LogP contribution in [0, 0.1) is 5.92 Å². The molecule has 4 nitrogen and oxygen atoms in total. The van der Waals surface area contributed by atoms with Gasteiger partial charge in [-0.25, -0.2) is 0 Å². The summed E-state index contributed by atoms with van der Waals surface area (Å²) in [5.74, 6) is -0.191. The van der Waals surface area contributed by atoms with Gasteiger partial charge in [-0.2, -0.15) is 0 Å². The molecule has 0 heterocycles. The van der Waals surface area contributed by atoms with E-state index in [1.807, 2.05) is 0 Å². The van der Waals surface area contributed by atoms with E-state index in [1.165, 1.54) is 0 Å². The molecule has 0 saturated carbocycles. The van der Waals surface area contributed by atoms with Crippen LogP contribution in [-0.2, 0) is 9.59 Å². The van der Waals surface area contributed by atoms with Crippen molar-refractivity contribution in [2.45, 2.75) is 19.9 Å².